The Hall–Kier alpha value is -1.06. The molecule has 0 radical (unpaired) electrons. The minimum atomic E-state index is -1.20. The van der Waals surface area contributed by atoms with Gasteiger partial charge in [-0.15, -0.1) is 0 Å². The van der Waals surface area contributed by atoms with Crippen LogP contribution in [0.25, 0.3) is 0 Å². The summed E-state index contributed by atoms with van der Waals surface area (Å²) in [5.41, 5.74) is 0. The third kappa shape index (κ3) is 3.02. The Kier molecular flexibility index (Phi) is 4.26. The molecule has 0 aromatic heterocycles. The summed E-state index contributed by atoms with van der Waals surface area (Å²) in [5, 5.41) is 8.73. The van der Waals surface area contributed by atoms with Crippen molar-refractivity contribution in [2.24, 2.45) is 0 Å². The Morgan fingerprint density at radius 3 is 2.45 bits per heavy atom. The molecule has 11 heavy (non-hydrogen) atoms. The number of esters is 1. The molecule has 0 aromatic rings. The SMILES string of the molecule is CCOC(=O)/C(F)=C(\O)CC. The molecule has 0 rings (SSSR count). The predicted molar refractivity (Wildman–Crippen MR) is 37.7 cm³/mol. The van der Waals surface area contributed by atoms with Gasteiger partial charge in [0.2, 0.25) is 5.83 Å². The zero-order chi connectivity index (χ0) is 8.85. The molecule has 0 atom stereocenters. The van der Waals surface area contributed by atoms with Crippen LogP contribution in [-0.2, 0) is 9.53 Å². The van der Waals surface area contributed by atoms with E-state index in [0.29, 0.717) is 0 Å². The van der Waals surface area contributed by atoms with Gasteiger partial charge in [-0.05, 0) is 6.92 Å². The molecule has 0 aromatic carbocycles. The lowest BCUT2D eigenvalue weighted by Gasteiger charge is -1.99. The molecule has 0 saturated heterocycles. The summed E-state index contributed by atoms with van der Waals surface area (Å²) in [6.45, 7) is 3.20. The Balaban J connectivity index is 4.22. The van der Waals surface area contributed by atoms with E-state index in [1.54, 1.807) is 6.92 Å². The highest BCUT2D eigenvalue weighted by Gasteiger charge is 2.13. The van der Waals surface area contributed by atoms with E-state index in [2.05, 4.69) is 4.74 Å². The molecule has 0 unspecified atom stereocenters. The van der Waals surface area contributed by atoms with Gasteiger partial charge in [0, 0.05) is 6.42 Å². The average molecular weight is 162 g/mol. The van der Waals surface area contributed by atoms with Crippen LogP contribution in [0.4, 0.5) is 4.39 Å². The Morgan fingerprint density at radius 1 is 1.55 bits per heavy atom. The minimum Gasteiger partial charge on any atom is -0.509 e. The Labute approximate surface area is 64.5 Å². The fourth-order valence-electron chi connectivity index (χ4n) is 0.467. The number of aliphatic hydroxyl groups excluding tert-OH is 1. The normalized spacial score (nSPS) is 12.3. The summed E-state index contributed by atoms with van der Waals surface area (Å²) >= 11 is 0. The van der Waals surface area contributed by atoms with Gasteiger partial charge in [0.1, 0.15) is 5.76 Å². The van der Waals surface area contributed by atoms with E-state index < -0.39 is 17.6 Å². The highest BCUT2D eigenvalue weighted by atomic mass is 19.1. The maximum absolute atomic E-state index is 12.5. The standard InChI is InChI=1S/C7H11FO3/c1-3-5(9)6(8)7(10)11-4-2/h9H,3-4H2,1-2H3/b6-5+. The molecule has 0 spiro atoms. The van der Waals surface area contributed by atoms with Crippen molar-refractivity contribution in [3.05, 3.63) is 11.6 Å². The van der Waals surface area contributed by atoms with Crippen molar-refractivity contribution < 1.29 is 19.0 Å². The maximum atomic E-state index is 12.5. The fraction of sp³-hybridized carbons (Fsp3) is 0.571. The predicted octanol–water partition coefficient (Wildman–Crippen LogP) is 1.70. The second-order valence-corrected chi connectivity index (χ2v) is 1.83. The zero-order valence-electron chi connectivity index (χ0n) is 6.56. The summed E-state index contributed by atoms with van der Waals surface area (Å²) in [4.78, 5) is 10.5. The first-order chi connectivity index (χ1) is 5.13. The van der Waals surface area contributed by atoms with Crippen LogP contribution in [-0.4, -0.2) is 17.7 Å². The molecule has 0 aliphatic heterocycles. The Bertz CT molecular complexity index is 175. The third-order valence-corrected chi connectivity index (χ3v) is 1.04. The minimum absolute atomic E-state index is 0.0879. The first-order valence-corrected chi connectivity index (χ1v) is 3.38. The molecule has 0 amide bonds. The van der Waals surface area contributed by atoms with Gasteiger partial charge in [-0.1, -0.05) is 6.92 Å². The van der Waals surface area contributed by atoms with Gasteiger partial charge in [-0.3, -0.25) is 0 Å². The van der Waals surface area contributed by atoms with E-state index in [9.17, 15) is 9.18 Å². The van der Waals surface area contributed by atoms with Gasteiger partial charge in [0.05, 0.1) is 6.61 Å². The highest BCUT2D eigenvalue weighted by molar-refractivity contribution is 5.86. The number of hydrogen-bond donors (Lipinski definition) is 1. The lowest BCUT2D eigenvalue weighted by molar-refractivity contribution is -0.140. The quantitative estimate of drug-likeness (QED) is 0.390. The number of hydrogen-bond acceptors (Lipinski definition) is 3. The summed E-state index contributed by atoms with van der Waals surface area (Å²) in [6.07, 6.45) is 0.0879. The van der Waals surface area contributed by atoms with Crippen LogP contribution in [0.1, 0.15) is 20.3 Å². The number of carbonyl (C=O) groups excluding carboxylic acids is 1. The van der Waals surface area contributed by atoms with Gasteiger partial charge in [-0.25, -0.2) is 4.79 Å². The number of rotatable bonds is 3. The van der Waals surface area contributed by atoms with Crippen molar-refractivity contribution in [2.45, 2.75) is 20.3 Å². The molecule has 0 bridgehead atoms. The van der Waals surface area contributed by atoms with E-state index in [-0.39, 0.29) is 13.0 Å². The molecule has 0 aliphatic carbocycles. The first-order valence-electron chi connectivity index (χ1n) is 3.38. The first kappa shape index (κ1) is 9.94. The second-order valence-electron chi connectivity index (χ2n) is 1.83. The number of halogens is 1. The van der Waals surface area contributed by atoms with E-state index in [4.69, 9.17) is 5.11 Å². The average Bonchev–Trinajstić information content (AvgIpc) is 2.02. The molecule has 0 saturated carbocycles. The molecule has 0 fully saturated rings. The van der Waals surface area contributed by atoms with Crippen LogP contribution >= 0.6 is 0 Å². The smallest absolute Gasteiger partial charge is 0.370 e. The summed E-state index contributed by atoms with van der Waals surface area (Å²) in [5.74, 6) is -2.87. The van der Waals surface area contributed by atoms with Crippen LogP contribution < -0.4 is 0 Å². The van der Waals surface area contributed by atoms with Crippen LogP contribution in [0.2, 0.25) is 0 Å². The third-order valence-electron chi connectivity index (χ3n) is 1.04. The number of carbonyl (C=O) groups is 1. The number of ether oxygens (including phenoxy) is 1. The zero-order valence-corrected chi connectivity index (χ0v) is 6.56. The summed E-state index contributed by atoms with van der Waals surface area (Å²) in [7, 11) is 0. The van der Waals surface area contributed by atoms with Crippen molar-refractivity contribution in [1.29, 1.82) is 0 Å². The largest absolute Gasteiger partial charge is 0.509 e. The molecule has 0 heterocycles. The van der Waals surface area contributed by atoms with Crippen molar-refractivity contribution in [1.82, 2.24) is 0 Å². The van der Waals surface area contributed by atoms with E-state index in [1.165, 1.54) is 6.92 Å². The van der Waals surface area contributed by atoms with Crippen LogP contribution in [0.5, 0.6) is 0 Å². The summed E-state index contributed by atoms with van der Waals surface area (Å²) < 4.78 is 16.8. The molecule has 0 aliphatic rings. The number of allylic oxidation sites excluding steroid dienone is 1. The number of aliphatic hydroxyl groups is 1. The lowest BCUT2D eigenvalue weighted by Crippen LogP contribution is -2.06. The van der Waals surface area contributed by atoms with E-state index >= 15 is 0 Å². The molecule has 4 heteroatoms. The lowest BCUT2D eigenvalue weighted by atomic mass is 10.3. The molecule has 64 valence electrons. The van der Waals surface area contributed by atoms with Crippen LogP contribution in [0.15, 0.2) is 11.6 Å². The van der Waals surface area contributed by atoms with Crippen molar-refractivity contribution in [2.75, 3.05) is 6.61 Å². The highest BCUT2D eigenvalue weighted by Crippen LogP contribution is 2.08. The second kappa shape index (κ2) is 4.71. The Morgan fingerprint density at radius 2 is 2.09 bits per heavy atom. The summed E-state index contributed by atoms with van der Waals surface area (Å²) in [6, 6.07) is 0. The maximum Gasteiger partial charge on any atom is 0.370 e. The van der Waals surface area contributed by atoms with Gasteiger partial charge in [0.25, 0.3) is 0 Å². The van der Waals surface area contributed by atoms with Crippen LogP contribution in [0.3, 0.4) is 0 Å². The molecule has 3 nitrogen and oxygen atoms in total. The monoisotopic (exact) mass is 162 g/mol. The van der Waals surface area contributed by atoms with Crippen LogP contribution in [0, 0.1) is 0 Å². The van der Waals surface area contributed by atoms with Gasteiger partial charge < -0.3 is 9.84 Å². The van der Waals surface area contributed by atoms with Crippen molar-refractivity contribution >= 4 is 5.97 Å². The van der Waals surface area contributed by atoms with Crippen molar-refractivity contribution in [3.8, 4) is 0 Å². The van der Waals surface area contributed by atoms with Gasteiger partial charge in [-0.2, -0.15) is 4.39 Å². The van der Waals surface area contributed by atoms with E-state index in [0.717, 1.165) is 0 Å². The molecular formula is C7H11FO3. The topological polar surface area (TPSA) is 46.5 Å². The van der Waals surface area contributed by atoms with Gasteiger partial charge >= 0.3 is 5.97 Å². The fourth-order valence-corrected chi connectivity index (χ4v) is 0.467. The van der Waals surface area contributed by atoms with E-state index in [1.807, 2.05) is 0 Å². The molecule has 1 N–H and O–H groups in total. The van der Waals surface area contributed by atoms with Crippen molar-refractivity contribution in [3.63, 3.8) is 0 Å². The molecular weight excluding hydrogens is 151 g/mol. The van der Waals surface area contributed by atoms with Gasteiger partial charge in [0.15, 0.2) is 0 Å².